The Morgan fingerprint density at radius 2 is 2.08 bits per heavy atom. The lowest BCUT2D eigenvalue weighted by Crippen LogP contribution is -2.31. The van der Waals surface area contributed by atoms with Crippen molar-refractivity contribution < 1.29 is 23.9 Å². The minimum absolute atomic E-state index is 0.164. The van der Waals surface area contributed by atoms with Crippen LogP contribution in [-0.2, 0) is 14.3 Å². The molecule has 1 saturated heterocycles. The molecule has 2 rings (SSSR count). The molecule has 1 N–H and O–H groups in total. The lowest BCUT2D eigenvalue weighted by atomic mass is 10.1. The first kappa shape index (κ1) is 19.0. The Bertz CT molecular complexity index is 717. The van der Waals surface area contributed by atoms with Crippen LogP contribution in [0.2, 0.25) is 0 Å². The molecule has 134 valence electrons. The third-order valence-corrected chi connectivity index (χ3v) is 3.83. The summed E-state index contributed by atoms with van der Waals surface area (Å²) in [6.45, 7) is 3.98. The summed E-state index contributed by atoms with van der Waals surface area (Å²) in [6.07, 6.45) is 2.21. The van der Waals surface area contributed by atoms with Crippen LogP contribution in [0.4, 0.5) is 4.79 Å². The number of nitrogens with zero attached hydrogens (tertiary/aromatic N) is 1. The molecule has 8 heteroatoms. The molecule has 3 amide bonds. The molecule has 0 aromatic heterocycles. The predicted molar refractivity (Wildman–Crippen MR) is 94.8 cm³/mol. The summed E-state index contributed by atoms with van der Waals surface area (Å²) >= 11 is 3.36. The first-order valence-corrected chi connectivity index (χ1v) is 8.68. The molecule has 1 heterocycles. The van der Waals surface area contributed by atoms with Crippen molar-refractivity contribution in [3.05, 3.63) is 33.9 Å². The summed E-state index contributed by atoms with van der Waals surface area (Å²) in [6, 6.07) is 4.71. The zero-order valence-corrected chi connectivity index (χ0v) is 15.6. The van der Waals surface area contributed by atoms with Gasteiger partial charge in [0.25, 0.3) is 5.91 Å². The van der Waals surface area contributed by atoms with Crippen molar-refractivity contribution >= 4 is 39.9 Å². The first-order chi connectivity index (χ1) is 12.0. The average Bonchev–Trinajstić information content (AvgIpc) is 2.82. The van der Waals surface area contributed by atoms with Gasteiger partial charge in [0.1, 0.15) is 11.4 Å². The molecule has 0 unspecified atom stereocenters. The van der Waals surface area contributed by atoms with Crippen LogP contribution in [0.1, 0.15) is 25.8 Å². The maximum Gasteiger partial charge on any atom is 0.344 e. The second-order valence-corrected chi connectivity index (χ2v) is 6.14. The van der Waals surface area contributed by atoms with Crippen LogP contribution in [-0.4, -0.2) is 42.6 Å². The number of carbonyl (C=O) groups excluding carboxylic acids is 3. The van der Waals surface area contributed by atoms with Crippen LogP contribution in [0.5, 0.6) is 5.75 Å². The molecule has 7 nitrogen and oxygen atoms in total. The van der Waals surface area contributed by atoms with Gasteiger partial charge < -0.3 is 14.8 Å². The minimum Gasteiger partial charge on any atom is -0.481 e. The van der Waals surface area contributed by atoms with E-state index >= 15 is 0 Å². The van der Waals surface area contributed by atoms with Gasteiger partial charge in [-0.25, -0.2) is 9.59 Å². The van der Waals surface area contributed by atoms with E-state index in [1.807, 2.05) is 6.92 Å². The number of ether oxygens (including phenoxy) is 2. The van der Waals surface area contributed by atoms with Crippen LogP contribution >= 0.6 is 15.9 Å². The molecule has 0 saturated carbocycles. The number of urea groups is 1. The summed E-state index contributed by atoms with van der Waals surface area (Å²) in [5.74, 6) is -0.466. The van der Waals surface area contributed by atoms with E-state index in [-0.39, 0.29) is 24.8 Å². The van der Waals surface area contributed by atoms with Crippen molar-refractivity contribution in [2.75, 3.05) is 19.8 Å². The van der Waals surface area contributed by atoms with E-state index in [1.54, 1.807) is 25.1 Å². The van der Waals surface area contributed by atoms with E-state index < -0.39 is 12.0 Å². The van der Waals surface area contributed by atoms with Crippen LogP contribution < -0.4 is 10.1 Å². The number of hydrogen-bond donors (Lipinski definition) is 1. The number of nitrogens with one attached hydrogen (secondary N) is 1. The minimum atomic E-state index is -0.483. The molecule has 25 heavy (non-hydrogen) atoms. The van der Waals surface area contributed by atoms with Gasteiger partial charge in [-0.3, -0.25) is 9.69 Å². The third kappa shape index (κ3) is 4.82. The molecule has 1 aliphatic heterocycles. The monoisotopic (exact) mass is 410 g/mol. The predicted octanol–water partition coefficient (Wildman–Crippen LogP) is 2.69. The summed E-state index contributed by atoms with van der Waals surface area (Å²) < 4.78 is 11.1. The maximum absolute atomic E-state index is 12.3. The molecule has 0 atom stereocenters. The van der Waals surface area contributed by atoms with Crippen molar-refractivity contribution in [3.8, 4) is 5.75 Å². The molecular formula is C17H19BrN2O5. The smallest absolute Gasteiger partial charge is 0.344 e. The van der Waals surface area contributed by atoms with Crippen molar-refractivity contribution in [3.63, 3.8) is 0 Å². The standard InChI is InChI=1S/C17H19BrN2O5/c1-3-7-20-16(22)13(19-17(20)23)9-11-8-12(18)5-6-14(11)25-10-15(21)24-4-2/h5-6,8-9H,3-4,7,10H2,1-2H3,(H,19,23)/b13-9+. The summed E-state index contributed by atoms with van der Waals surface area (Å²) in [5, 5.41) is 2.55. The topological polar surface area (TPSA) is 84.9 Å². The van der Waals surface area contributed by atoms with Gasteiger partial charge in [0.05, 0.1) is 6.61 Å². The van der Waals surface area contributed by atoms with Crippen molar-refractivity contribution in [2.45, 2.75) is 20.3 Å². The van der Waals surface area contributed by atoms with Crippen LogP contribution in [0.25, 0.3) is 6.08 Å². The van der Waals surface area contributed by atoms with Crippen molar-refractivity contribution in [1.29, 1.82) is 0 Å². The quantitative estimate of drug-likeness (QED) is 0.424. The molecule has 0 spiro atoms. The molecule has 1 fully saturated rings. The molecule has 0 radical (unpaired) electrons. The van der Waals surface area contributed by atoms with E-state index in [0.29, 0.717) is 24.3 Å². The average molecular weight is 411 g/mol. The Morgan fingerprint density at radius 1 is 1.32 bits per heavy atom. The second-order valence-electron chi connectivity index (χ2n) is 5.22. The van der Waals surface area contributed by atoms with E-state index in [0.717, 1.165) is 9.37 Å². The number of carbonyl (C=O) groups is 3. The van der Waals surface area contributed by atoms with Gasteiger partial charge in [-0.15, -0.1) is 0 Å². The summed E-state index contributed by atoms with van der Waals surface area (Å²) in [4.78, 5) is 36.8. The largest absolute Gasteiger partial charge is 0.481 e. The zero-order chi connectivity index (χ0) is 18.4. The highest BCUT2D eigenvalue weighted by Crippen LogP contribution is 2.26. The Morgan fingerprint density at radius 3 is 2.76 bits per heavy atom. The number of esters is 1. The van der Waals surface area contributed by atoms with Crippen LogP contribution in [0.15, 0.2) is 28.4 Å². The molecule has 0 bridgehead atoms. The number of hydrogen-bond acceptors (Lipinski definition) is 5. The lowest BCUT2D eigenvalue weighted by Gasteiger charge is -2.10. The fourth-order valence-corrected chi connectivity index (χ4v) is 2.64. The van der Waals surface area contributed by atoms with Gasteiger partial charge in [-0.05, 0) is 37.6 Å². The van der Waals surface area contributed by atoms with E-state index in [9.17, 15) is 14.4 Å². The number of halogens is 1. The second kappa shape index (κ2) is 8.66. The molecule has 0 aliphatic carbocycles. The SMILES string of the molecule is CCCN1C(=O)N/C(=C/c2cc(Br)ccc2OCC(=O)OCC)C1=O. The zero-order valence-electron chi connectivity index (χ0n) is 14.0. The van der Waals surface area contributed by atoms with Crippen LogP contribution in [0, 0.1) is 0 Å². The molecular weight excluding hydrogens is 392 g/mol. The summed E-state index contributed by atoms with van der Waals surface area (Å²) in [5.41, 5.74) is 0.721. The third-order valence-electron chi connectivity index (χ3n) is 3.33. The highest BCUT2D eigenvalue weighted by atomic mass is 79.9. The Balaban J connectivity index is 2.23. The van der Waals surface area contributed by atoms with Crippen molar-refractivity contribution in [1.82, 2.24) is 10.2 Å². The molecule has 1 aromatic carbocycles. The number of rotatable bonds is 7. The van der Waals surface area contributed by atoms with E-state index in [2.05, 4.69) is 21.2 Å². The fourth-order valence-electron chi connectivity index (χ4n) is 2.26. The fraction of sp³-hybridized carbons (Fsp3) is 0.353. The molecule has 1 aliphatic rings. The lowest BCUT2D eigenvalue weighted by molar-refractivity contribution is -0.145. The van der Waals surface area contributed by atoms with Gasteiger partial charge in [-0.1, -0.05) is 22.9 Å². The van der Waals surface area contributed by atoms with E-state index in [4.69, 9.17) is 9.47 Å². The maximum atomic E-state index is 12.3. The van der Waals surface area contributed by atoms with E-state index in [1.165, 1.54) is 6.08 Å². The van der Waals surface area contributed by atoms with Gasteiger partial charge in [0, 0.05) is 16.6 Å². The highest BCUT2D eigenvalue weighted by molar-refractivity contribution is 9.10. The van der Waals surface area contributed by atoms with Crippen LogP contribution in [0.3, 0.4) is 0 Å². The number of imide groups is 1. The Kier molecular flexibility index (Phi) is 6.58. The Hall–Kier alpha value is -2.35. The Labute approximate surface area is 154 Å². The first-order valence-electron chi connectivity index (χ1n) is 7.88. The van der Waals surface area contributed by atoms with Gasteiger partial charge in [0.2, 0.25) is 0 Å². The van der Waals surface area contributed by atoms with Gasteiger partial charge in [-0.2, -0.15) is 0 Å². The number of benzene rings is 1. The van der Waals surface area contributed by atoms with Crippen molar-refractivity contribution in [2.24, 2.45) is 0 Å². The normalized spacial score (nSPS) is 15.5. The summed E-state index contributed by atoms with van der Waals surface area (Å²) in [7, 11) is 0. The van der Waals surface area contributed by atoms with Gasteiger partial charge >= 0.3 is 12.0 Å². The highest BCUT2D eigenvalue weighted by Gasteiger charge is 2.32. The molecule has 1 aromatic rings. The van der Waals surface area contributed by atoms with Gasteiger partial charge in [0.15, 0.2) is 6.61 Å². The number of amides is 3.